The van der Waals surface area contributed by atoms with Crippen LogP contribution < -0.4 is 15.4 Å². The molecule has 0 spiro atoms. The third kappa shape index (κ3) is 3.58. The molecule has 4 rings (SSSR count). The first-order valence-electron chi connectivity index (χ1n) is 9.01. The first-order valence-corrected chi connectivity index (χ1v) is 9.01. The van der Waals surface area contributed by atoms with E-state index in [0.717, 1.165) is 42.6 Å². The summed E-state index contributed by atoms with van der Waals surface area (Å²) in [5.41, 5.74) is 1.48. The maximum absolute atomic E-state index is 12.8. The van der Waals surface area contributed by atoms with Gasteiger partial charge in [-0.2, -0.15) is 0 Å². The van der Waals surface area contributed by atoms with Crippen LogP contribution in [-0.2, 0) is 6.61 Å². The zero-order chi connectivity index (χ0) is 17.8. The summed E-state index contributed by atoms with van der Waals surface area (Å²) >= 11 is 0. The largest absolute Gasteiger partial charge is 0.489 e. The van der Waals surface area contributed by atoms with E-state index in [-0.39, 0.29) is 18.6 Å². The van der Waals surface area contributed by atoms with E-state index in [1.807, 2.05) is 54.6 Å². The molecule has 2 heterocycles. The second-order valence-corrected chi connectivity index (χ2v) is 6.52. The number of para-hydroxylation sites is 2. The van der Waals surface area contributed by atoms with Crippen LogP contribution in [0.4, 0.5) is 0 Å². The molecule has 2 N–H and O–H groups in total. The van der Waals surface area contributed by atoms with E-state index >= 15 is 0 Å². The van der Waals surface area contributed by atoms with Crippen LogP contribution in [0.2, 0.25) is 0 Å². The SMILES string of the molecule is O=C(NC1CCCNC1)c1oc2ccccc2c1COc1ccccc1. The van der Waals surface area contributed by atoms with Crippen LogP contribution in [0.1, 0.15) is 29.0 Å². The molecular formula is C21H22N2O3. The van der Waals surface area contributed by atoms with Crippen molar-refractivity contribution in [2.45, 2.75) is 25.5 Å². The van der Waals surface area contributed by atoms with Crippen molar-refractivity contribution in [1.29, 1.82) is 0 Å². The van der Waals surface area contributed by atoms with E-state index in [4.69, 9.17) is 9.15 Å². The van der Waals surface area contributed by atoms with Gasteiger partial charge >= 0.3 is 0 Å². The Labute approximate surface area is 152 Å². The van der Waals surface area contributed by atoms with E-state index in [2.05, 4.69) is 10.6 Å². The molecule has 3 aromatic rings. The van der Waals surface area contributed by atoms with Gasteiger partial charge in [-0.05, 0) is 37.6 Å². The van der Waals surface area contributed by atoms with Gasteiger partial charge in [0.15, 0.2) is 5.76 Å². The average molecular weight is 350 g/mol. The molecule has 26 heavy (non-hydrogen) atoms. The van der Waals surface area contributed by atoms with Crippen molar-refractivity contribution in [3.63, 3.8) is 0 Å². The summed E-state index contributed by atoms with van der Waals surface area (Å²) in [7, 11) is 0. The van der Waals surface area contributed by atoms with Gasteiger partial charge in [0.05, 0.1) is 0 Å². The van der Waals surface area contributed by atoms with Gasteiger partial charge in [0.25, 0.3) is 5.91 Å². The van der Waals surface area contributed by atoms with Crippen molar-refractivity contribution < 1.29 is 13.9 Å². The fourth-order valence-electron chi connectivity index (χ4n) is 3.32. The summed E-state index contributed by atoms with van der Waals surface area (Å²) < 4.78 is 11.8. The maximum atomic E-state index is 12.8. The van der Waals surface area contributed by atoms with Gasteiger partial charge in [-0.25, -0.2) is 0 Å². The van der Waals surface area contributed by atoms with Gasteiger partial charge in [-0.3, -0.25) is 4.79 Å². The van der Waals surface area contributed by atoms with Crippen LogP contribution >= 0.6 is 0 Å². The smallest absolute Gasteiger partial charge is 0.287 e. The molecule has 5 nitrogen and oxygen atoms in total. The predicted molar refractivity (Wildman–Crippen MR) is 100 cm³/mol. The highest BCUT2D eigenvalue weighted by Crippen LogP contribution is 2.27. The Balaban J connectivity index is 1.59. The van der Waals surface area contributed by atoms with Gasteiger partial charge in [0.1, 0.15) is 17.9 Å². The van der Waals surface area contributed by atoms with Crippen molar-refractivity contribution in [2.24, 2.45) is 0 Å². The second-order valence-electron chi connectivity index (χ2n) is 6.52. The number of rotatable bonds is 5. The number of amides is 1. The molecule has 1 saturated heterocycles. The van der Waals surface area contributed by atoms with Crippen molar-refractivity contribution >= 4 is 16.9 Å². The highest BCUT2D eigenvalue weighted by Gasteiger charge is 2.24. The lowest BCUT2D eigenvalue weighted by Crippen LogP contribution is -2.45. The minimum Gasteiger partial charge on any atom is -0.489 e. The summed E-state index contributed by atoms with van der Waals surface area (Å²) in [6.07, 6.45) is 2.05. The van der Waals surface area contributed by atoms with Crippen molar-refractivity contribution in [1.82, 2.24) is 10.6 Å². The van der Waals surface area contributed by atoms with E-state index in [1.54, 1.807) is 0 Å². The van der Waals surface area contributed by atoms with Gasteiger partial charge in [-0.15, -0.1) is 0 Å². The number of fused-ring (bicyclic) bond motifs is 1. The number of nitrogens with one attached hydrogen (secondary N) is 2. The number of furan rings is 1. The molecule has 1 amide bonds. The number of benzene rings is 2. The fourth-order valence-corrected chi connectivity index (χ4v) is 3.32. The molecule has 0 bridgehead atoms. The summed E-state index contributed by atoms with van der Waals surface area (Å²) in [5, 5.41) is 7.31. The monoisotopic (exact) mass is 350 g/mol. The van der Waals surface area contributed by atoms with E-state index in [9.17, 15) is 4.79 Å². The van der Waals surface area contributed by atoms with Gasteiger partial charge < -0.3 is 19.8 Å². The van der Waals surface area contributed by atoms with Crippen LogP contribution in [0.15, 0.2) is 59.0 Å². The van der Waals surface area contributed by atoms with Gasteiger partial charge in [0.2, 0.25) is 0 Å². The summed E-state index contributed by atoms with van der Waals surface area (Å²) in [6, 6.07) is 17.4. The zero-order valence-corrected chi connectivity index (χ0v) is 14.5. The highest BCUT2D eigenvalue weighted by molar-refractivity contribution is 5.99. The Morgan fingerprint density at radius 3 is 2.77 bits per heavy atom. The van der Waals surface area contributed by atoms with Gasteiger partial charge in [0, 0.05) is 23.5 Å². The van der Waals surface area contributed by atoms with Crippen LogP contribution in [-0.4, -0.2) is 25.0 Å². The number of hydrogen-bond acceptors (Lipinski definition) is 4. The standard InChI is InChI=1S/C21H22N2O3/c24-21(23-15-7-6-12-22-13-15)20-18(14-25-16-8-2-1-3-9-16)17-10-4-5-11-19(17)26-20/h1-5,8-11,15,22H,6-7,12-14H2,(H,23,24). The Morgan fingerprint density at radius 2 is 1.96 bits per heavy atom. The van der Waals surface area contributed by atoms with Crippen LogP contribution in [0, 0.1) is 0 Å². The number of ether oxygens (including phenoxy) is 1. The minimum absolute atomic E-state index is 0.132. The molecule has 0 aliphatic carbocycles. The number of carbonyl (C=O) groups excluding carboxylic acids is 1. The van der Waals surface area contributed by atoms with E-state index in [0.29, 0.717) is 11.3 Å². The quantitative estimate of drug-likeness (QED) is 0.739. The third-order valence-corrected chi connectivity index (χ3v) is 4.66. The van der Waals surface area contributed by atoms with E-state index < -0.39 is 0 Å². The lowest BCUT2D eigenvalue weighted by molar-refractivity contribution is 0.0901. The first kappa shape index (κ1) is 16.7. The lowest BCUT2D eigenvalue weighted by Gasteiger charge is -2.23. The van der Waals surface area contributed by atoms with Crippen molar-refractivity contribution in [3.05, 3.63) is 65.9 Å². The Hall–Kier alpha value is -2.79. The van der Waals surface area contributed by atoms with Crippen molar-refractivity contribution in [2.75, 3.05) is 13.1 Å². The van der Waals surface area contributed by atoms with E-state index in [1.165, 1.54) is 0 Å². The summed E-state index contributed by atoms with van der Waals surface area (Å²) in [6.45, 7) is 2.09. The fraction of sp³-hybridized carbons (Fsp3) is 0.286. The molecule has 0 saturated carbocycles. The maximum Gasteiger partial charge on any atom is 0.287 e. The number of carbonyl (C=O) groups is 1. The molecule has 1 aromatic heterocycles. The van der Waals surface area contributed by atoms with Crippen LogP contribution in [0.3, 0.4) is 0 Å². The molecule has 1 fully saturated rings. The molecule has 1 aliphatic heterocycles. The molecule has 5 heteroatoms. The third-order valence-electron chi connectivity index (χ3n) is 4.66. The zero-order valence-electron chi connectivity index (χ0n) is 14.5. The molecule has 1 aliphatic rings. The molecule has 2 aromatic carbocycles. The molecule has 0 radical (unpaired) electrons. The van der Waals surface area contributed by atoms with Crippen LogP contribution in [0.5, 0.6) is 5.75 Å². The number of hydrogen-bond donors (Lipinski definition) is 2. The average Bonchev–Trinajstić information content (AvgIpc) is 3.07. The number of piperidine rings is 1. The Kier molecular flexibility index (Phi) is 4.88. The Bertz CT molecular complexity index is 883. The first-order chi connectivity index (χ1) is 12.8. The normalized spacial score (nSPS) is 17.2. The Morgan fingerprint density at radius 1 is 1.15 bits per heavy atom. The molecular weight excluding hydrogens is 328 g/mol. The highest BCUT2D eigenvalue weighted by atomic mass is 16.5. The molecule has 1 atom stereocenters. The molecule has 134 valence electrons. The molecule has 1 unspecified atom stereocenters. The van der Waals surface area contributed by atoms with Crippen LogP contribution in [0.25, 0.3) is 11.0 Å². The predicted octanol–water partition coefficient (Wildman–Crippen LogP) is 3.49. The lowest BCUT2D eigenvalue weighted by atomic mass is 10.1. The van der Waals surface area contributed by atoms with Crippen molar-refractivity contribution in [3.8, 4) is 5.75 Å². The van der Waals surface area contributed by atoms with Gasteiger partial charge in [-0.1, -0.05) is 36.4 Å². The second kappa shape index (κ2) is 7.62. The summed E-state index contributed by atoms with van der Waals surface area (Å²) in [5.74, 6) is 0.926. The topological polar surface area (TPSA) is 63.5 Å². The summed E-state index contributed by atoms with van der Waals surface area (Å²) in [4.78, 5) is 12.8. The minimum atomic E-state index is -0.179.